The zero-order chi connectivity index (χ0) is 16.6. The lowest BCUT2D eigenvalue weighted by molar-refractivity contribution is 0.146. The number of nitriles is 1. The number of alkyl halides is 2. The zero-order valence-corrected chi connectivity index (χ0v) is 11.6. The molecule has 0 bridgehead atoms. The first-order valence-electron chi connectivity index (χ1n) is 6.57. The fraction of sp³-hybridized carbons (Fsp3) is 0.0625. The fourth-order valence-corrected chi connectivity index (χ4v) is 2.30. The first kappa shape index (κ1) is 14.7. The number of fused-ring (bicyclic) bond motifs is 1. The van der Waals surface area contributed by atoms with Crippen LogP contribution in [0.15, 0.2) is 47.3 Å². The summed E-state index contributed by atoms with van der Waals surface area (Å²) in [5.74, 6) is -0.562. The molecule has 3 aromatic rings. The molecule has 1 aromatic carbocycles. The van der Waals surface area contributed by atoms with Crippen LogP contribution in [0.4, 0.5) is 8.78 Å². The quantitative estimate of drug-likeness (QED) is 0.789. The van der Waals surface area contributed by atoms with Crippen molar-refractivity contribution >= 4 is 11.0 Å². The number of hydrogen-bond acceptors (Lipinski definition) is 4. The van der Waals surface area contributed by atoms with E-state index in [1.165, 1.54) is 6.07 Å². The maximum Gasteiger partial charge on any atom is 0.280 e. The van der Waals surface area contributed by atoms with Crippen LogP contribution in [0.2, 0.25) is 0 Å². The van der Waals surface area contributed by atoms with Crippen molar-refractivity contribution in [3.8, 4) is 17.5 Å². The van der Waals surface area contributed by atoms with Gasteiger partial charge >= 0.3 is 0 Å². The molecule has 0 spiro atoms. The minimum Gasteiger partial charge on any atom is -0.506 e. The summed E-state index contributed by atoms with van der Waals surface area (Å²) in [4.78, 5) is 16.3. The number of rotatable bonds is 2. The lowest BCUT2D eigenvalue weighted by Gasteiger charge is -2.12. The molecule has 2 heterocycles. The molecule has 5 nitrogen and oxygen atoms in total. The third-order valence-corrected chi connectivity index (χ3v) is 3.37. The van der Waals surface area contributed by atoms with Crippen LogP contribution < -0.4 is 5.56 Å². The summed E-state index contributed by atoms with van der Waals surface area (Å²) >= 11 is 0. The maximum absolute atomic E-state index is 12.9. The molecule has 0 atom stereocenters. The topological polar surface area (TPSA) is 78.9 Å². The van der Waals surface area contributed by atoms with Crippen molar-refractivity contribution in [2.45, 2.75) is 6.43 Å². The highest BCUT2D eigenvalue weighted by Gasteiger charge is 2.20. The summed E-state index contributed by atoms with van der Waals surface area (Å²) in [5.41, 5.74) is -1.57. The normalized spacial score (nSPS) is 10.9. The summed E-state index contributed by atoms with van der Waals surface area (Å²) in [6.45, 7) is 0. The lowest BCUT2D eigenvalue weighted by atomic mass is 10.1. The smallest absolute Gasteiger partial charge is 0.280 e. The molecule has 0 unspecified atom stereocenters. The van der Waals surface area contributed by atoms with Crippen LogP contribution in [-0.2, 0) is 0 Å². The van der Waals surface area contributed by atoms with Gasteiger partial charge in [-0.3, -0.25) is 9.36 Å². The Morgan fingerprint density at radius 1 is 1.17 bits per heavy atom. The van der Waals surface area contributed by atoms with Gasteiger partial charge < -0.3 is 5.11 Å². The highest BCUT2D eigenvalue weighted by molar-refractivity contribution is 5.85. The Balaban J connectivity index is 2.52. The van der Waals surface area contributed by atoms with Gasteiger partial charge in [-0.05, 0) is 24.3 Å². The molecular weight excluding hydrogens is 304 g/mol. The molecule has 0 saturated heterocycles. The molecule has 0 fully saturated rings. The van der Waals surface area contributed by atoms with Gasteiger partial charge in [-0.1, -0.05) is 18.2 Å². The molecular formula is C16H9F2N3O2. The molecule has 0 aliphatic carbocycles. The average Bonchev–Trinajstić information content (AvgIpc) is 2.56. The van der Waals surface area contributed by atoms with Crippen molar-refractivity contribution in [2.24, 2.45) is 0 Å². The Bertz CT molecular complexity index is 992. The van der Waals surface area contributed by atoms with E-state index in [4.69, 9.17) is 5.26 Å². The van der Waals surface area contributed by atoms with Crippen molar-refractivity contribution < 1.29 is 13.9 Å². The van der Waals surface area contributed by atoms with E-state index in [0.29, 0.717) is 5.69 Å². The average molecular weight is 313 g/mol. The van der Waals surface area contributed by atoms with Gasteiger partial charge in [0.05, 0.1) is 11.1 Å². The highest BCUT2D eigenvalue weighted by atomic mass is 19.3. The fourth-order valence-electron chi connectivity index (χ4n) is 2.30. The SMILES string of the molecule is N#Cc1c(O)c2ccc(C(F)F)nc2n(-c2ccccc2)c1=O. The van der Waals surface area contributed by atoms with Crippen molar-refractivity contribution in [1.82, 2.24) is 9.55 Å². The molecule has 0 amide bonds. The van der Waals surface area contributed by atoms with Crippen molar-refractivity contribution in [2.75, 3.05) is 0 Å². The summed E-state index contributed by atoms with van der Waals surface area (Å²) < 4.78 is 26.9. The second-order valence-corrected chi connectivity index (χ2v) is 4.72. The van der Waals surface area contributed by atoms with Crippen LogP contribution >= 0.6 is 0 Å². The first-order chi connectivity index (χ1) is 11.0. The third-order valence-electron chi connectivity index (χ3n) is 3.37. The van der Waals surface area contributed by atoms with E-state index in [-0.39, 0.29) is 11.0 Å². The number of benzene rings is 1. The van der Waals surface area contributed by atoms with E-state index in [1.54, 1.807) is 36.4 Å². The van der Waals surface area contributed by atoms with E-state index in [0.717, 1.165) is 10.6 Å². The number of para-hydroxylation sites is 1. The molecule has 2 aromatic heterocycles. The Labute approximate surface area is 128 Å². The molecule has 23 heavy (non-hydrogen) atoms. The van der Waals surface area contributed by atoms with Crippen molar-refractivity contribution in [1.29, 1.82) is 5.26 Å². The standard InChI is InChI=1S/C16H9F2N3O2/c17-14(18)12-7-6-10-13(22)11(8-19)16(23)21(15(10)20-12)9-4-2-1-3-5-9/h1-7,14,22H. The number of hydrogen-bond donors (Lipinski definition) is 1. The summed E-state index contributed by atoms with van der Waals surface area (Å²) in [7, 11) is 0. The van der Waals surface area contributed by atoms with Crippen LogP contribution in [0.25, 0.3) is 16.7 Å². The van der Waals surface area contributed by atoms with Gasteiger partial charge in [0.25, 0.3) is 12.0 Å². The van der Waals surface area contributed by atoms with E-state index >= 15 is 0 Å². The lowest BCUT2D eigenvalue weighted by Crippen LogP contribution is -2.22. The summed E-state index contributed by atoms with van der Waals surface area (Å²) in [5, 5.41) is 19.2. The molecule has 0 aliphatic rings. The van der Waals surface area contributed by atoms with Gasteiger partial charge in [-0.25, -0.2) is 13.8 Å². The second-order valence-electron chi connectivity index (χ2n) is 4.72. The molecule has 0 radical (unpaired) electrons. The number of aromatic nitrogens is 2. The maximum atomic E-state index is 12.9. The number of nitrogens with zero attached hydrogens (tertiary/aromatic N) is 3. The van der Waals surface area contributed by atoms with Crippen LogP contribution in [0.5, 0.6) is 5.75 Å². The summed E-state index contributed by atoms with van der Waals surface area (Å²) in [6.07, 6.45) is -2.82. The van der Waals surface area contributed by atoms with E-state index in [2.05, 4.69) is 4.98 Å². The highest BCUT2D eigenvalue weighted by Crippen LogP contribution is 2.28. The third kappa shape index (κ3) is 2.30. The van der Waals surface area contributed by atoms with Crippen LogP contribution in [0.3, 0.4) is 0 Å². The van der Waals surface area contributed by atoms with Gasteiger partial charge in [-0.15, -0.1) is 0 Å². The van der Waals surface area contributed by atoms with E-state index in [9.17, 15) is 18.7 Å². The Morgan fingerprint density at radius 3 is 2.48 bits per heavy atom. The second kappa shape index (κ2) is 5.50. The molecule has 7 heteroatoms. The monoisotopic (exact) mass is 313 g/mol. The molecule has 0 saturated carbocycles. The predicted octanol–water partition coefficient (Wildman–Crippen LogP) is 2.90. The Hall–Kier alpha value is -3.27. The van der Waals surface area contributed by atoms with Crippen LogP contribution in [-0.4, -0.2) is 14.7 Å². The van der Waals surface area contributed by atoms with Gasteiger partial charge in [0.2, 0.25) is 0 Å². The molecule has 1 N–H and O–H groups in total. The minimum atomic E-state index is -2.82. The Kier molecular flexibility index (Phi) is 3.50. The first-order valence-corrected chi connectivity index (χ1v) is 6.57. The molecule has 3 rings (SSSR count). The van der Waals surface area contributed by atoms with Gasteiger partial charge in [-0.2, -0.15) is 5.26 Å². The number of pyridine rings is 2. The number of halogens is 2. The van der Waals surface area contributed by atoms with Crippen LogP contribution in [0.1, 0.15) is 17.7 Å². The van der Waals surface area contributed by atoms with Crippen molar-refractivity contribution in [3.05, 3.63) is 64.1 Å². The zero-order valence-electron chi connectivity index (χ0n) is 11.6. The van der Waals surface area contributed by atoms with Gasteiger partial charge in [0.1, 0.15) is 17.5 Å². The number of aromatic hydroxyl groups is 1. The van der Waals surface area contributed by atoms with Crippen molar-refractivity contribution in [3.63, 3.8) is 0 Å². The van der Waals surface area contributed by atoms with E-state index < -0.39 is 29.0 Å². The summed E-state index contributed by atoms with van der Waals surface area (Å²) in [6, 6.07) is 12.1. The predicted molar refractivity (Wildman–Crippen MR) is 78.7 cm³/mol. The largest absolute Gasteiger partial charge is 0.506 e. The molecule has 0 aliphatic heterocycles. The Morgan fingerprint density at radius 2 is 1.87 bits per heavy atom. The molecule has 114 valence electrons. The van der Waals surface area contributed by atoms with E-state index in [1.807, 2.05) is 0 Å². The van der Waals surface area contributed by atoms with Gasteiger partial charge in [0.15, 0.2) is 11.2 Å². The van der Waals surface area contributed by atoms with Gasteiger partial charge in [0, 0.05) is 0 Å². The van der Waals surface area contributed by atoms with Crippen LogP contribution in [0, 0.1) is 11.3 Å². The minimum absolute atomic E-state index is 0.0504.